The average Bonchev–Trinajstić information content (AvgIpc) is 2.37. The van der Waals surface area contributed by atoms with E-state index in [-0.39, 0.29) is 22.0 Å². The van der Waals surface area contributed by atoms with Gasteiger partial charge in [-0.1, -0.05) is 36.5 Å². The first kappa shape index (κ1) is 17.6. The van der Waals surface area contributed by atoms with Crippen molar-refractivity contribution in [2.24, 2.45) is 0 Å². The molecule has 0 heterocycles. The zero-order valence-corrected chi connectivity index (χ0v) is 13.3. The summed E-state index contributed by atoms with van der Waals surface area (Å²) in [5.41, 5.74) is 0.261. The Balaban J connectivity index is 2.89. The zero-order chi connectivity index (χ0) is 16.0. The molecule has 1 aromatic rings. The van der Waals surface area contributed by atoms with Crippen LogP contribution in [0.4, 0.5) is 0 Å². The van der Waals surface area contributed by atoms with Gasteiger partial charge in [-0.2, -0.15) is 0 Å². The van der Waals surface area contributed by atoms with Gasteiger partial charge in [0.25, 0.3) is 5.91 Å². The molecular weight excluding hydrogens is 317 g/mol. The van der Waals surface area contributed by atoms with E-state index in [0.29, 0.717) is 12.2 Å². The zero-order valence-electron chi connectivity index (χ0n) is 11.8. The van der Waals surface area contributed by atoms with Crippen LogP contribution in [-0.2, 0) is 4.79 Å². The van der Waals surface area contributed by atoms with Gasteiger partial charge in [0, 0.05) is 11.6 Å². The van der Waals surface area contributed by atoms with Crippen molar-refractivity contribution < 1.29 is 19.4 Å². The number of carbonyl (C=O) groups is 2. The average molecular weight is 334 g/mol. The third-order valence-electron chi connectivity index (χ3n) is 2.86. The highest BCUT2D eigenvalue weighted by Gasteiger charge is 2.18. The van der Waals surface area contributed by atoms with E-state index in [1.807, 2.05) is 6.92 Å². The first-order valence-corrected chi connectivity index (χ1v) is 7.20. The molecule has 0 saturated heterocycles. The van der Waals surface area contributed by atoms with Gasteiger partial charge in [0.2, 0.25) is 0 Å². The lowest BCUT2D eigenvalue weighted by Gasteiger charge is -2.16. The number of carboxylic acids is 1. The molecule has 116 valence electrons. The van der Waals surface area contributed by atoms with Gasteiger partial charge in [-0.25, -0.2) is 0 Å². The molecule has 1 aromatic carbocycles. The number of carbonyl (C=O) groups excluding carboxylic acids is 1. The van der Waals surface area contributed by atoms with Gasteiger partial charge >= 0.3 is 5.97 Å². The quantitative estimate of drug-likeness (QED) is 0.802. The largest absolute Gasteiger partial charge is 0.494 e. The number of amides is 1. The Morgan fingerprint density at radius 1 is 1.33 bits per heavy atom. The highest BCUT2D eigenvalue weighted by molar-refractivity contribution is 6.37. The lowest BCUT2D eigenvalue weighted by molar-refractivity contribution is -0.137. The van der Waals surface area contributed by atoms with Crippen molar-refractivity contribution in [2.75, 3.05) is 7.11 Å². The van der Waals surface area contributed by atoms with Gasteiger partial charge in [-0.15, -0.1) is 0 Å². The van der Waals surface area contributed by atoms with Crippen molar-refractivity contribution in [1.29, 1.82) is 0 Å². The smallest absolute Gasteiger partial charge is 0.305 e. The van der Waals surface area contributed by atoms with Gasteiger partial charge in [-0.05, 0) is 18.6 Å². The second-order valence-corrected chi connectivity index (χ2v) is 5.34. The number of hydrogen-bond donors (Lipinski definition) is 2. The molecule has 0 bridgehead atoms. The Morgan fingerprint density at radius 2 is 1.90 bits per heavy atom. The van der Waals surface area contributed by atoms with Gasteiger partial charge < -0.3 is 15.2 Å². The van der Waals surface area contributed by atoms with Crippen LogP contribution in [0.2, 0.25) is 10.0 Å². The maximum Gasteiger partial charge on any atom is 0.305 e. The highest BCUT2D eigenvalue weighted by atomic mass is 35.5. The predicted molar refractivity (Wildman–Crippen MR) is 81.4 cm³/mol. The van der Waals surface area contributed by atoms with Crippen LogP contribution in [0, 0.1) is 0 Å². The molecule has 0 aliphatic carbocycles. The predicted octanol–water partition coefficient (Wildman–Crippen LogP) is 3.38. The fraction of sp³-hybridized carbons (Fsp3) is 0.429. The summed E-state index contributed by atoms with van der Waals surface area (Å²) < 4.78 is 5.01. The normalized spacial score (nSPS) is 11.8. The van der Waals surface area contributed by atoms with Gasteiger partial charge in [0.15, 0.2) is 5.75 Å². The van der Waals surface area contributed by atoms with Crippen LogP contribution in [0.3, 0.4) is 0 Å². The lowest BCUT2D eigenvalue weighted by Crippen LogP contribution is -2.36. The number of nitrogens with one attached hydrogen (secondary N) is 1. The van der Waals surface area contributed by atoms with E-state index in [4.69, 9.17) is 33.0 Å². The molecule has 0 aliphatic rings. The maximum atomic E-state index is 12.2. The Bertz CT molecular complexity index is 511. The molecule has 0 spiro atoms. The monoisotopic (exact) mass is 333 g/mol. The number of halogens is 2. The summed E-state index contributed by atoms with van der Waals surface area (Å²) in [5.74, 6) is -1.08. The minimum absolute atomic E-state index is 0.128. The SMILES string of the molecule is CCCC(CC(=O)O)NC(=O)c1cc(Cl)c(OC)c(Cl)c1. The molecule has 0 radical (unpaired) electrons. The van der Waals surface area contributed by atoms with E-state index >= 15 is 0 Å². The van der Waals surface area contributed by atoms with Gasteiger partial charge in [0.05, 0.1) is 23.6 Å². The third kappa shape index (κ3) is 5.10. The van der Waals surface area contributed by atoms with Crippen molar-refractivity contribution in [3.8, 4) is 5.75 Å². The Labute approximate surface area is 133 Å². The number of aliphatic carboxylic acids is 1. The molecule has 0 aliphatic heterocycles. The topological polar surface area (TPSA) is 75.6 Å². The number of hydrogen-bond acceptors (Lipinski definition) is 3. The molecule has 5 nitrogen and oxygen atoms in total. The first-order valence-electron chi connectivity index (χ1n) is 6.44. The molecule has 1 amide bonds. The van der Waals surface area contributed by atoms with Crippen LogP contribution in [0.1, 0.15) is 36.5 Å². The molecule has 1 rings (SSSR count). The molecule has 0 fully saturated rings. The van der Waals surface area contributed by atoms with Crippen LogP contribution in [-0.4, -0.2) is 30.1 Å². The summed E-state index contributed by atoms with van der Waals surface area (Å²) in [4.78, 5) is 22.9. The van der Waals surface area contributed by atoms with Crippen LogP contribution < -0.4 is 10.1 Å². The summed E-state index contributed by atoms with van der Waals surface area (Å²) in [6.45, 7) is 1.92. The third-order valence-corrected chi connectivity index (χ3v) is 3.42. The molecule has 0 saturated carbocycles. The fourth-order valence-corrected chi connectivity index (χ4v) is 2.58. The minimum Gasteiger partial charge on any atom is -0.494 e. The van der Waals surface area contributed by atoms with Crippen molar-refractivity contribution >= 4 is 35.1 Å². The second-order valence-electron chi connectivity index (χ2n) is 4.53. The second kappa shape index (κ2) is 8.10. The summed E-state index contributed by atoms with van der Waals surface area (Å²) in [6, 6.07) is 2.44. The van der Waals surface area contributed by atoms with E-state index in [9.17, 15) is 9.59 Å². The summed E-state index contributed by atoms with van der Waals surface area (Å²) in [6.07, 6.45) is 1.22. The molecular formula is C14H17Cl2NO4. The van der Waals surface area contributed by atoms with E-state index < -0.39 is 17.9 Å². The lowest BCUT2D eigenvalue weighted by atomic mass is 10.1. The molecule has 0 aromatic heterocycles. The standard InChI is InChI=1S/C14H17Cl2NO4/c1-3-4-9(7-12(18)19)17-14(20)8-5-10(15)13(21-2)11(16)6-8/h5-6,9H,3-4,7H2,1-2H3,(H,17,20)(H,18,19). The van der Waals surface area contributed by atoms with E-state index in [2.05, 4.69) is 5.32 Å². The first-order chi connectivity index (χ1) is 9.88. The number of methoxy groups -OCH3 is 1. The van der Waals surface area contributed by atoms with Crippen molar-refractivity contribution in [3.63, 3.8) is 0 Å². The van der Waals surface area contributed by atoms with Gasteiger partial charge in [-0.3, -0.25) is 9.59 Å². The van der Waals surface area contributed by atoms with Gasteiger partial charge in [0.1, 0.15) is 0 Å². The Hall–Kier alpha value is -1.46. The molecule has 7 heteroatoms. The van der Waals surface area contributed by atoms with Crippen LogP contribution in [0.15, 0.2) is 12.1 Å². The fourth-order valence-electron chi connectivity index (χ4n) is 1.94. The Kier molecular flexibility index (Phi) is 6.78. The van der Waals surface area contributed by atoms with Crippen molar-refractivity contribution in [2.45, 2.75) is 32.2 Å². The number of rotatable bonds is 7. The highest BCUT2D eigenvalue weighted by Crippen LogP contribution is 2.33. The number of benzene rings is 1. The molecule has 1 atom stereocenters. The molecule has 2 N–H and O–H groups in total. The van der Waals surface area contributed by atoms with Crippen molar-refractivity contribution in [1.82, 2.24) is 5.32 Å². The van der Waals surface area contributed by atoms with Crippen LogP contribution in [0.5, 0.6) is 5.75 Å². The maximum absolute atomic E-state index is 12.2. The van der Waals surface area contributed by atoms with E-state index in [1.165, 1.54) is 19.2 Å². The van der Waals surface area contributed by atoms with Crippen LogP contribution in [0.25, 0.3) is 0 Å². The van der Waals surface area contributed by atoms with E-state index in [0.717, 1.165) is 6.42 Å². The number of ether oxygens (including phenoxy) is 1. The Morgan fingerprint density at radius 3 is 2.33 bits per heavy atom. The van der Waals surface area contributed by atoms with Crippen molar-refractivity contribution in [3.05, 3.63) is 27.7 Å². The molecule has 1 unspecified atom stereocenters. The number of carboxylic acid groups (broad SMARTS) is 1. The van der Waals surface area contributed by atoms with E-state index in [1.54, 1.807) is 0 Å². The summed E-state index contributed by atoms with van der Waals surface area (Å²) in [5, 5.41) is 12.0. The summed E-state index contributed by atoms with van der Waals surface area (Å²) in [7, 11) is 1.43. The molecule has 21 heavy (non-hydrogen) atoms. The minimum atomic E-state index is -0.959. The van der Waals surface area contributed by atoms with Crippen LogP contribution >= 0.6 is 23.2 Å². The summed E-state index contributed by atoms with van der Waals surface area (Å²) >= 11 is 12.0.